The van der Waals surface area contributed by atoms with E-state index in [9.17, 15) is 22.8 Å². The molecule has 0 saturated carbocycles. The predicted octanol–water partition coefficient (Wildman–Crippen LogP) is 4.79. The summed E-state index contributed by atoms with van der Waals surface area (Å²) in [5.74, 6) is -1.24. The van der Waals surface area contributed by atoms with Crippen LogP contribution in [-0.2, 0) is 15.7 Å². The molecule has 0 bridgehead atoms. The van der Waals surface area contributed by atoms with E-state index in [-0.39, 0.29) is 27.6 Å². The number of aromatic nitrogens is 1. The van der Waals surface area contributed by atoms with Crippen LogP contribution >= 0.6 is 11.6 Å². The highest BCUT2D eigenvalue weighted by molar-refractivity contribution is 6.32. The molecule has 0 fully saturated rings. The molecule has 10 heteroatoms. The Kier molecular flexibility index (Phi) is 5.12. The van der Waals surface area contributed by atoms with Gasteiger partial charge in [-0.05, 0) is 37.3 Å². The van der Waals surface area contributed by atoms with E-state index < -0.39 is 29.5 Å². The Morgan fingerprint density at radius 2 is 1.93 bits per heavy atom. The van der Waals surface area contributed by atoms with Crippen molar-refractivity contribution in [3.8, 4) is 11.5 Å². The van der Waals surface area contributed by atoms with Gasteiger partial charge in [-0.3, -0.25) is 4.57 Å². The zero-order valence-electron chi connectivity index (χ0n) is 14.5. The largest absolute Gasteiger partial charge is 0.467 e. The maximum atomic E-state index is 12.7. The molecule has 1 atom stereocenters. The summed E-state index contributed by atoms with van der Waals surface area (Å²) in [6.07, 6.45) is -4.53. The van der Waals surface area contributed by atoms with Crippen LogP contribution in [0.2, 0.25) is 5.02 Å². The number of esters is 1. The zero-order valence-corrected chi connectivity index (χ0v) is 15.3. The fourth-order valence-electron chi connectivity index (χ4n) is 2.61. The third-order valence-corrected chi connectivity index (χ3v) is 4.30. The van der Waals surface area contributed by atoms with E-state index in [0.29, 0.717) is 0 Å². The highest BCUT2D eigenvalue weighted by Gasteiger charge is 2.31. The number of rotatable bonds is 4. The second-order valence-electron chi connectivity index (χ2n) is 5.81. The molecule has 0 aliphatic carbocycles. The third kappa shape index (κ3) is 3.70. The maximum absolute atomic E-state index is 12.7. The first kappa shape index (κ1) is 19.8. The highest BCUT2D eigenvalue weighted by atomic mass is 35.5. The van der Waals surface area contributed by atoms with Crippen molar-refractivity contribution in [2.45, 2.75) is 19.1 Å². The summed E-state index contributed by atoms with van der Waals surface area (Å²) in [7, 11) is 1.19. The first-order valence-electron chi connectivity index (χ1n) is 7.89. The van der Waals surface area contributed by atoms with E-state index in [1.54, 1.807) is 0 Å². The quantitative estimate of drug-likeness (QED) is 0.573. The summed E-state index contributed by atoms with van der Waals surface area (Å²) in [6, 6.07) is 6.03. The average Bonchev–Trinajstić information content (AvgIpc) is 2.96. The molecule has 2 aromatic carbocycles. The van der Waals surface area contributed by atoms with Gasteiger partial charge in [0.15, 0.2) is 5.58 Å². The van der Waals surface area contributed by atoms with E-state index in [4.69, 9.17) is 20.8 Å². The number of hydrogen-bond donors (Lipinski definition) is 0. The Hall–Kier alpha value is -2.94. The molecule has 0 aliphatic heterocycles. The van der Waals surface area contributed by atoms with Gasteiger partial charge in [0, 0.05) is 6.07 Å². The summed E-state index contributed by atoms with van der Waals surface area (Å²) in [5, 5.41) is -0.234. The van der Waals surface area contributed by atoms with E-state index in [0.717, 1.165) is 22.8 Å². The average molecular weight is 416 g/mol. The van der Waals surface area contributed by atoms with Gasteiger partial charge in [0.2, 0.25) is 0 Å². The van der Waals surface area contributed by atoms with Crippen LogP contribution in [0.3, 0.4) is 0 Å². The molecular formula is C18H13ClF3NO5. The van der Waals surface area contributed by atoms with Crippen molar-refractivity contribution in [2.24, 2.45) is 0 Å². The molecule has 6 nitrogen and oxygen atoms in total. The van der Waals surface area contributed by atoms with E-state index >= 15 is 0 Å². The third-order valence-electron chi connectivity index (χ3n) is 4.00. The monoisotopic (exact) mass is 415 g/mol. The molecule has 0 aliphatic rings. The molecule has 3 aromatic rings. The lowest BCUT2D eigenvalue weighted by atomic mass is 10.2. The minimum Gasteiger partial charge on any atom is -0.467 e. The number of methoxy groups -OCH3 is 1. The van der Waals surface area contributed by atoms with Crippen LogP contribution in [0.1, 0.15) is 18.5 Å². The maximum Gasteiger partial charge on any atom is 0.420 e. The molecule has 0 radical (unpaired) electrons. The van der Waals surface area contributed by atoms with Gasteiger partial charge in [-0.2, -0.15) is 13.2 Å². The van der Waals surface area contributed by atoms with Crippen molar-refractivity contribution in [1.82, 2.24) is 4.57 Å². The molecule has 0 N–H and O–H groups in total. The van der Waals surface area contributed by atoms with Crippen molar-refractivity contribution >= 4 is 28.7 Å². The molecule has 1 aromatic heterocycles. The van der Waals surface area contributed by atoms with Crippen molar-refractivity contribution in [2.75, 3.05) is 7.11 Å². The summed E-state index contributed by atoms with van der Waals surface area (Å²) < 4.78 is 54.6. The minimum absolute atomic E-state index is 0.00701. The van der Waals surface area contributed by atoms with Gasteiger partial charge in [-0.1, -0.05) is 11.6 Å². The van der Waals surface area contributed by atoms with Gasteiger partial charge < -0.3 is 13.9 Å². The van der Waals surface area contributed by atoms with Crippen LogP contribution in [0, 0.1) is 0 Å². The first-order valence-corrected chi connectivity index (χ1v) is 8.27. The lowest BCUT2D eigenvalue weighted by molar-refractivity contribution is -0.144. The van der Waals surface area contributed by atoms with Gasteiger partial charge in [0.05, 0.1) is 23.2 Å². The number of nitrogens with zero attached hydrogens (tertiary/aromatic N) is 1. The molecule has 28 heavy (non-hydrogen) atoms. The van der Waals surface area contributed by atoms with Crippen LogP contribution in [-0.4, -0.2) is 17.6 Å². The Morgan fingerprint density at radius 1 is 1.21 bits per heavy atom. The van der Waals surface area contributed by atoms with Gasteiger partial charge in [0.1, 0.15) is 17.5 Å². The number of halogens is 4. The standard InChI is InChI=1S/C18H13ClF3NO5/c1-9(16(24)26-2)23-13-8-11(4-6-15(13)28-17(23)25)27-14-5-3-10(7-12(14)19)18(20,21)22/h3-9H,1-2H3. The van der Waals surface area contributed by atoms with Crippen molar-refractivity contribution in [3.05, 3.63) is 57.5 Å². The molecule has 148 valence electrons. The number of benzene rings is 2. The molecule has 3 rings (SSSR count). The van der Waals surface area contributed by atoms with Gasteiger partial charge in [-0.25, -0.2) is 9.59 Å². The molecular weight excluding hydrogens is 403 g/mol. The summed E-state index contributed by atoms with van der Waals surface area (Å²) in [6.45, 7) is 1.46. The fraction of sp³-hybridized carbons (Fsp3) is 0.222. The molecule has 1 heterocycles. The van der Waals surface area contributed by atoms with E-state index in [1.807, 2.05) is 0 Å². The number of carbonyl (C=O) groups excluding carboxylic acids is 1. The summed E-state index contributed by atoms with van der Waals surface area (Å²) >= 11 is 5.89. The first-order chi connectivity index (χ1) is 13.1. The van der Waals surface area contributed by atoms with Crippen LogP contribution in [0.4, 0.5) is 13.2 Å². The smallest absolute Gasteiger partial charge is 0.420 e. The number of alkyl halides is 3. The fourth-order valence-corrected chi connectivity index (χ4v) is 2.83. The molecule has 0 amide bonds. The zero-order chi connectivity index (χ0) is 20.6. The van der Waals surface area contributed by atoms with Gasteiger partial charge >= 0.3 is 17.9 Å². The molecule has 0 saturated heterocycles. The summed E-state index contributed by atoms with van der Waals surface area (Å²) in [4.78, 5) is 23.9. The second-order valence-corrected chi connectivity index (χ2v) is 6.22. The summed E-state index contributed by atoms with van der Waals surface area (Å²) in [5.41, 5.74) is -0.453. The van der Waals surface area contributed by atoms with Gasteiger partial charge in [-0.15, -0.1) is 0 Å². The topological polar surface area (TPSA) is 70.7 Å². The molecule has 1 unspecified atom stereocenters. The van der Waals surface area contributed by atoms with Gasteiger partial charge in [0.25, 0.3) is 0 Å². The van der Waals surface area contributed by atoms with E-state index in [1.165, 1.54) is 32.2 Å². The number of fused-ring (bicyclic) bond motifs is 1. The highest BCUT2D eigenvalue weighted by Crippen LogP contribution is 2.37. The van der Waals surface area contributed by atoms with Crippen LogP contribution in [0.15, 0.2) is 45.6 Å². The molecule has 0 spiro atoms. The van der Waals surface area contributed by atoms with Crippen LogP contribution in [0.5, 0.6) is 11.5 Å². The normalized spacial score (nSPS) is 12.8. The lowest BCUT2D eigenvalue weighted by Crippen LogP contribution is -2.25. The van der Waals surface area contributed by atoms with Crippen LogP contribution < -0.4 is 10.5 Å². The van der Waals surface area contributed by atoms with Crippen LogP contribution in [0.25, 0.3) is 11.1 Å². The lowest BCUT2D eigenvalue weighted by Gasteiger charge is -2.12. The van der Waals surface area contributed by atoms with Crippen molar-refractivity contribution in [3.63, 3.8) is 0 Å². The SMILES string of the molecule is COC(=O)C(C)n1c(=O)oc2ccc(Oc3ccc(C(F)(F)F)cc3Cl)cc21. The van der Waals surface area contributed by atoms with Crippen molar-refractivity contribution < 1.29 is 31.9 Å². The van der Waals surface area contributed by atoms with E-state index in [2.05, 4.69) is 4.74 Å². The minimum atomic E-state index is -4.53. The van der Waals surface area contributed by atoms with Crippen molar-refractivity contribution in [1.29, 1.82) is 0 Å². The number of ether oxygens (including phenoxy) is 2. The number of carbonyl (C=O) groups is 1. The predicted molar refractivity (Wildman–Crippen MR) is 93.7 cm³/mol. The Balaban J connectivity index is 1.99. The Labute approximate surface area is 161 Å². The number of oxazole rings is 1. The second kappa shape index (κ2) is 7.23. The Morgan fingerprint density at radius 3 is 2.54 bits per heavy atom. The number of hydrogen-bond acceptors (Lipinski definition) is 5. The Bertz CT molecular complexity index is 1100.